The molecule has 0 unspecified atom stereocenters. The Morgan fingerprint density at radius 2 is 1.59 bits per heavy atom. The number of hydrogen-bond donors (Lipinski definition) is 3. The number of urea groups is 1. The van der Waals surface area contributed by atoms with Gasteiger partial charge in [0.05, 0.1) is 24.6 Å². The van der Waals surface area contributed by atoms with Crippen molar-refractivity contribution in [2.75, 3.05) is 57.0 Å². The van der Waals surface area contributed by atoms with Crippen LogP contribution in [-0.2, 0) is 17.7 Å². The van der Waals surface area contributed by atoms with Crippen LogP contribution in [-0.4, -0.2) is 67.7 Å². The van der Waals surface area contributed by atoms with Crippen molar-refractivity contribution in [3.63, 3.8) is 0 Å². The van der Waals surface area contributed by atoms with Gasteiger partial charge in [0.2, 0.25) is 0 Å². The van der Waals surface area contributed by atoms with Crippen LogP contribution in [0.4, 0.5) is 16.2 Å². The highest BCUT2D eigenvalue weighted by Gasteiger charge is 2.16. The van der Waals surface area contributed by atoms with E-state index in [1.807, 2.05) is 47.4 Å². The predicted molar refractivity (Wildman–Crippen MR) is 156 cm³/mol. The van der Waals surface area contributed by atoms with Crippen LogP contribution in [0.1, 0.15) is 34.3 Å². The van der Waals surface area contributed by atoms with Crippen molar-refractivity contribution in [2.24, 2.45) is 0 Å². The average molecular weight is 530 g/mol. The number of nitrogens with two attached hydrogens (primary N) is 1. The summed E-state index contributed by atoms with van der Waals surface area (Å²) in [6.07, 6.45) is 2.69. The number of morpholine rings is 1. The van der Waals surface area contributed by atoms with E-state index in [1.165, 1.54) is 5.56 Å². The standard InChI is InChI=1S/C31H39N5O3/c32-28-11-4-5-12-29(28)34-30(37)27-15-13-26(14-16-27)24-36(19-7-18-35-20-22-39-23-21-35)31(38)33-17-6-10-25-8-2-1-3-9-25/h1-5,8-9,11-16H,6-7,10,17-24,32H2,(H,33,38)(H,34,37). The fourth-order valence-electron chi connectivity index (χ4n) is 4.59. The first-order chi connectivity index (χ1) is 19.1. The summed E-state index contributed by atoms with van der Waals surface area (Å²) < 4.78 is 5.45. The Bertz CT molecular complexity index is 1180. The minimum Gasteiger partial charge on any atom is -0.397 e. The highest BCUT2D eigenvalue weighted by atomic mass is 16.5. The first kappa shape index (κ1) is 28.1. The third kappa shape index (κ3) is 9.12. The lowest BCUT2D eigenvalue weighted by molar-refractivity contribution is 0.0364. The molecule has 39 heavy (non-hydrogen) atoms. The Labute approximate surface area is 231 Å². The highest BCUT2D eigenvalue weighted by Crippen LogP contribution is 2.18. The molecule has 0 spiro atoms. The Morgan fingerprint density at radius 1 is 0.872 bits per heavy atom. The summed E-state index contributed by atoms with van der Waals surface area (Å²) in [6, 6.07) is 24.8. The van der Waals surface area contributed by atoms with Gasteiger partial charge in [-0.05, 0) is 54.7 Å². The zero-order valence-corrected chi connectivity index (χ0v) is 22.5. The van der Waals surface area contributed by atoms with Crippen molar-refractivity contribution in [2.45, 2.75) is 25.8 Å². The number of nitrogens with one attached hydrogen (secondary N) is 2. The van der Waals surface area contributed by atoms with Gasteiger partial charge in [0, 0.05) is 44.8 Å². The van der Waals surface area contributed by atoms with Crippen molar-refractivity contribution in [1.29, 1.82) is 0 Å². The third-order valence-electron chi connectivity index (χ3n) is 6.85. The number of rotatable bonds is 12. The molecule has 3 aromatic rings. The van der Waals surface area contributed by atoms with E-state index in [0.29, 0.717) is 36.6 Å². The lowest BCUT2D eigenvalue weighted by Crippen LogP contribution is -2.42. The smallest absolute Gasteiger partial charge is 0.317 e. The van der Waals surface area contributed by atoms with Crippen LogP contribution in [0.15, 0.2) is 78.9 Å². The normalized spacial score (nSPS) is 13.5. The molecule has 4 rings (SSSR count). The molecule has 0 atom stereocenters. The van der Waals surface area contributed by atoms with Gasteiger partial charge in [0.15, 0.2) is 0 Å². The van der Waals surface area contributed by atoms with E-state index in [0.717, 1.165) is 57.7 Å². The summed E-state index contributed by atoms with van der Waals surface area (Å²) in [4.78, 5) is 30.1. The largest absolute Gasteiger partial charge is 0.397 e. The Balaban J connectivity index is 1.32. The fraction of sp³-hybridized carbons (Fsp3) is 0.355. The van der Waals surface area contributed by atoms with E-state index < -0.39 is 0 Å². The van der Waals surface area contributed by atoms with Crippen molar-refractivity contribution in [3.05, 3.63) is 95.6 Å². The molecule has 1 saturated heterocycles. The van der Waals surface area contributed by atoms with Crippen LogP contribution in [0.3, 0.4) is 0 Å². The Morgan fingerprint density at radius 3 is 2.33 bits per heavy atom. The molecule has 8 nitrogen and oxygen atoms in total. The van der Waals surface area contributed by atoms with Gasteiger partial charge in [-0.25, -0.2) is 4.79 Å². The van der Waals surface area contributed by atoms with E-state index in [9.17, 15) is 9.59 Å². The monoisotopic (exact) mass is 529 g/mol. The molecular weight excluding hydrogens is 490 g/mol. The summed E-state index contributed by atoms with van der Waals surface area (Å²) in [5.74, 6) is -0.224. The molecule has 3 aromatic carbocycles. The topological polar surface area (TPSA) is 99.9 Å². The van der Waals surface area contributed by atoms with Crippen LogP contribution >= 0.6 is 0 Å². The first-order valence-electron chi connectivity index (χ1n) is 13.7. The van der Waals surface area contributed by atoms with E-state index in [2.05, 4.69) is 27.7 Å². The molecule has 3 amide bonds. The van der Waals surface area contributed by atoms with Gasteiger partial charge < -0.3 is 26.0 Å². The van der Waals surface area contributed by atoms with Gasteiger partial charge in [0.1, 0.15) is 0 Å². The molecule has 0 bridgehead atoms. The van der Waals surface area contributed by atoms with E-state index >= 15 is 0 Å². The van der Waals surface area contributed by atoms with Crippen LogP contribution in [0, 0.1) is 0 Å². The first-order valence-corrected chi connectivity index (χ1v) is 13.7. The van der Waals surface area contributed by atoms with E-state index in [4.69, 9.17) is 10.5 Å². The number of amides is 3. The van der Waals surface area contributed by atoms with Gasteiger partial charge in [-0.2, -0.15) is 0 Å². The molecule has 0 aromatic heterocycles. The Hall–Kier alpha value is -3.88. The maximum absolute atomic E-state index is 13.2. The van der Waals surface area contributed by atoms with E-state index in [-0.39, 0.29) is 11.9 Å². The van der Waals surface area contributed by atoms with Crippen molar-refractivity contribution >= 4 is 23.3 Å². The molecule has 1 fully saturated rings. The second-order valence-electron chi connectivity index (χ2n) is 9.79. The molecule has 4 N–H and O–H groups in total. The minimum atomic E-state index is -0.224. The van der Waals surface area contributed by atoms with Gasteiger partial charge in [-0.15, -0.1) is 0 Å². The fourth-order valence-corrected chi connectivity index (χ4v) is 4.59. The quantitative estimate of drug-likeness (QED) is 0.239. The molecule has 0 aliphatic carbocycles. The Kier molecular flexibility index (Phi) is 10.7. The molecule has 1 aliphatic rings. The molecule has 1 aliphatic heterocycles. The average Bonchev–Trinajstić information content (AvgIpc) is 2.97. The second-order valence-corrected chi connectivity index (χ2v) is 9.79. The zero-order valence-electron chi connectivity index (χ0n) is 22.5. The summed E-state index contributed by atoms with van der Waals surface area (Å²) in [5.41, 5.74) is 9.83. The number of benzene rings is 3. The maximum atomic E-state index is 13.2. The maximum Gasteiger partial charge on any atom is 0.317 e. The number of nitrogen functional groups attached to an aromatic ring is 1. The number of para-hydroxylation sites is 2. The molecular formula is C31H39N5O3. The van der Waals surface area contributed by atoms with Crippen molar-refractivity contribution in [3.8, 4) is 0 Å². The van der Waals surface area contributed by atoms with Crippen molar-refractivity contribution < 1.29 is 14.3 Å². The number of anilines is 2. The third-order valence-corrected chi connectivity index (χ3v) is 6.85. The minimum absolute atomic E-state index is 0.0635. The lowest BCUT2D eigenvalue weighted by atomic mass is 10.1. The molecule has 0 radical (unpaired) electrons. The summed E-state index contributed by atoms with van der Waals surface area (Å²) in [7, 11) is 0. The van der Waals surface area contributed by atoms with Crippen LogP contribution in [0.25, 0.3) is 0 Å². The van der Waals surface area contributed by atoms with Crippen LogP contribution in [0.2, 0.25) is 0 Å². The molecule has 8 heteroatoms. The van der Waals surface area contributed by atoms with E-state index in [1.54, 1.807) is 24.3 Å². The number of aryl methyl sites for hydroxylation is 1. The van der Waals surface area contributed by atoms with Crippen molar-refractivity contribution in [1.82, 2.24) is 15.1 Å². The number of carbonyl (C=O) groups is 2. The molecule has 1 heterocycles. The van der Waals surface area contributed by atoms with Gasteiger partial charge in [0.25, 0.3) is 5.91 Å². The lowest BCUT2D eigenvalue weighted by Gasteiger charge is -2.28. The van der Waals surface area contributed by atoms with Crippen LogP contribution in [0.5, 0.6) is 0 Å². The van der Waals surface area contributed by atoms with Gasteiger partial charge in [-0.3, -0.25) is 9.69 Å². The molecule has 206 valence electrons. The number of ether oxygens (including phenoxy) is 1. The SMILES string of the molecule is Nc1ccccc1NC(=O)c1ccc(CN(CCCN2CCOCC2)C(=O)NCCCc2ccccc2)cc1. The number of hydrogen-bond acceptors (Lipinski definition) is 5. The number of carbonyl (C=O) groups excluding carboxylic acids is 2. The summed E-state index contributed by atoms with van der Waals surface area (Å²) in [5, 5.41) is 5.95. The zero-order chi connectivity index (χ0) is 27.3. The molecule has 0 saturated carbocycles. The number of nitrogens with zero attached hydrogens (tertiary/aromatic N) is 2. The van der Waals surface area contributed by atoms with Gasteiger partial charge in [-0.1, -0.05) is 54.6 Å². The van der Waals surface area contributed by atoms with Crippen LogP contribution < -0.4 is 16.4 Å². The summed E-state index contributed by atoms with van der Waals surface area (Å²) in [6.45, 7) is 6.08. The summed E-state index contributed by atoms with van der Waals surface area (Å²) >= 11 is 0. The highest BCUT2D eigenvalue weighted by molar-refractivity contribution is 6.05. The predicted octanol–water partition coefficient (Wildman–Crippen LogP) is 4.39. The van der Waals surface area contributed by atoms with Gasteiger partial charge >= 0.3 is 6.03 Å². The second kappa shape index (κ2) is 14.9.